The lowest BCUT2D eigenvalue weighted by Gasteiger charge is -2.23. The number of carbonyl (C=O) groups excluding carboxylic acids is 5. The molecule has 0 bridgehead atoms. The van der Waals surface area contributed by atoms with Crippen LogP contribution >= 0.6 is 0 Å². The van der Waals surface area contributed by atoms with Crippen LogP contribution in [-0.2, 0) is 39.9 Å². The van der Waals surface area contributed by atoms with Crippen LogP contribution in [0.15, 0.2) is 30.5 Å². The van der Waals surface area contributed by atoms with Gasteiger partial charge in [0.05, 0.1) is 12.3 Å². The number of nitrogens with one attached hydrogen (secondary N) is 3. The minimum Gasteiger partial charge on any atom is -0.461 e. The molecule has 0 saturated carbocycles. The minimum atomic E-state index is -1.31. The molecule has 2 atom stereocenters. The molecule has 3 N–H and O–H groups in total. The summed E-state index contributed by atoms with van der Waals surface area (Å²) in [5.74, 6) is -2.87. The molecule has 1 aliphatic rings. The SMILES string of the molecule is CC(C)OC(=O)[C@H](CCC(=O)C=N)NC(=O)C(Cc1c[nH]c2ccccc12)OC(=O)CN1CCCC1=O. The van der Waals surface area contributed by atoms with Crippen molar-refractivity contribution in [3.8, 4) is 0 Å². The number of fused-ring (bicyclic) bond motifs is 1. The molecule has 37 heavy (non-hydrogen) atoms. The van der Waals surface area contributed by atoms with Gasteiger partial charge in [0.25, 0.3) is 5.91 Å². The summed E-state index contributed by atoms with van der Waals surface area (Å²) < 4.78 is 10.8. The van der Waals surface area contributed by atoms with Crippen molar-refractivity contribution in [2.45, 2.75) is 64.2 Å². The van der Waals surface area contributed by atoms with E-state index in [0.29, 0.717) is 25.6 Å². The van der Waals surface area contributed by atoms with Crippen LogP contribution in [-0.4, -0.2) is 77.0 Å². The number of aromatic nitrogens is 1. The van der Waals surface area contributed by atoms with Crippen molar-refractivity contribution in [3.05, 3.63) is 36.0 Å². The number of para-hydroxylation sites is 1. The molecule has 1 fully saturated rings. The highest BCUT2D eigenvalue weighted by Crippen LogP contribution is 2.20. The maximum Gasteiger partial charge on any atom is 0.328 e. The van der Waals surface area contributed by atoms with Gasteiger partial charge in [-0.05, 0) is 38.3 Å². The molecule has 3 rings (SSSR count). The van der Waals surface area contributed by atoms with Crippen LogP contribution < -0.4 is 5.32 Å². The van der Waals surface area contributed by atoms with Crippen molar-refractivity contribution in [1.29, 1.82) is 5.41 Å². The first-order valence-electron chi connectivity index (χ1n) is 12.2. The van der Waals surface area contributed by atoms with E-state index in [2.05, 4.69) is 10.3 Å². The van der Waals surface area contributed by atoms with Crippen LogP contribution in [0.2, 0.25) is 0 Å². The van der Waals surface area contributed by atoms with E-state index < -0.39 is 41.9 Å². The fourth-order valence-electron chi connectivity index (χ4n) is 4.10. The number of ether oxygens (including phenoxy) is 2. The number of esters is 2. The average Bonchev–Trinajstić information content (AvgIpc) is 3.46. The molecule has 198 valence electrons. The molecule has 2 heterocycles. The van der Waals surface area contributed by atoms with Gasteiger partial charge in [-0.2, -0.15) is 0 Å². The second kappa shape index (κ2) is 12.8. The Morgan fingerprint density at radius 1 is 1.19 bits per heavy atom. The van der Waals surface area contributed by atoms with Gasteiger partial charge < -0.3 is 30.1 Å². The van der Waals surface area contributed by atoms with E-state index in [1.165, 1.54) is 4.90 Å². The first kappa shape index (κ1) is 27.6. The van der Waals surface area contributed by atoms with Crippen LogP contribution in [0.25, 0.3) is 10.9 Å². The molecule has 0 radical (unpaired) electrons. The second-order valence-electron chi connectivity index (χ2n) is 9.16. The van der Waals surface area contributed by atoms with Gasteiger partial charge in [0, 0.05) is 42.9 Å². The molecule has 1 aliphatic heterocycles. The van der Waals surface area contributed by atoms with E-state index in [1.54, 1.807) is 20.0 Å². The second-order valence-corrected chi connectivity index (χ2v) is 9.16. The Balaban J connectivity index is 1.80. The Morgan fingerprint density at radius 3 is 2.62 bits per heavy atom. The van der Waals surface area contributed by atoms with E-state index >= 15 is 0 Å². The summed E-state index contributed by atoms with van der Waals surface area (Å²) in [5.41, 5.74) is 1.57. The number of hydrogen-bond acceptors (Lipinski definition) is 8. The number of benzene rings is 1. The summed E-state index contributed by atoms with van der Waals surface area (Å²) in [7, 11) is 0. The first-order valence-corrected chi connectivity index (χ1v) is 12.2. The molecule has 2 aromatic rings. The zero-order valence-electron chi connectivity index (χ0n) is 21.0. The Morgan fingerprint density at radius 2 is 1.95 bits per heavy atom. The Bertz CT molecular complexity index is 1170. The van der Waals surface area contributed by atoms with Crippen molar-refractivity contribution in [1.82, 2.24) is 15.2 Å². The quantitative estimate of drug-likeness (QED) is 0.272. The summed E-state index contributed by atoms with van der Waals surface area (Å²) in [6.07, 6.45) is 1.40. The summed E-state index contributed by atoms with van der Waals surface area (Å²) in [4.78, 5) is 66.7. The Hall–Kier alpha value is -4.02. The van der Waals surface area contributed by atoms with Gasteiger partial charge in [0.2, 0.25) is 5.91 Å². The van der Waals surface area contributed by atoms with Crippen LogP contribution in [0.1, 0.15) is 45.1 Å². The Kier molecular flexibility index (Phi) is 9.53. The lowest BCUT2D eigenvalue weighted by molar-refractivity contribution is -0.159. The van der Waals surface area contributed by atoms with Gasteiger partial charge in [-0.3, -0.25) is 19.2 Å². The largest absolute Gasteiger partial charge is 0.461 e. The summed E-state index contributed by atoms with van der Waals surface area (Å²) >= 11 is 0. The molecule has 1 unspecified atom stereocenters. The first-order chi connectivity index (χ1) is 17.7. The van der Waals surface area contributed by atoms with E-state index in [0.717, 1.165) is 16.5 Å². The number of nitrogens with zero attached hydrogens (tertiary/aromatic N) is 1. The van der Waals surface area contributed by atoms with E-state index in [9.17, 15) is 24.0 Å². The molecular formula is C26H32N4O7. The van der Waals surface area contributed by atoms with E-state index in [4.69, 9.17) is 14.9 Å². The number of H-pyrrole nitrogens is 1. The van der Waals surface area contributed by atoms with E-state index in [-0.39, 0.29) is 31.7 Å². The molecule has 0 aliphatic carbocycles. The number of aromatic amines is 1. The lowest BCUT2D eigenvalue weighted by Crippen LogP contribution is -2.49. The number of hydrogen-bond donors (Lipinski definition) is 3. The number of amides is 2. The number of rotatable bonds is 13. The van der Waals surface area contributed by atoms with Crippen molar-refractivity contribution in [2.75, 3.05) is 13.1 Å². The third kappa shape index (κ3) is 7.73. The van der Waals surface area contributed by atoms with Crippen LogP contribution in [0.4, 0.5) is 0 Å². The summed E-state index contributed by atoms with van der Waals surface area (Å²) in [6, 6.07) is 6.27. The third-order valence-electron chi connectivity index (χ3n) is 5.93. The lowest BCUT2D eigenvalue weighted by atomic mass is 10.0. The zero-order valence-corrected chi connectivity index (χ0v) is 21.0. The molecule has 0 spiro atoms. The standard InChI is InChI=1S/C26H32N4O7/c1-16(2)36-26(35)21(10-9-18(31)13-27)29-25(34)22(37-24(33)15-30-11-5-8-23(30)32)12-17-14-28-20-7-4-3-6-19(17)20/h3-4,6-7,13-14,16,21-22,27-28H,5,8-12,15H2,1-2H3,(H,29,34)/t21-,22?/m0/s1. The highest BCUT2D eigenvalue weighted by atomic mass is 16.6. The zero-order chi connectivity index (χ0) is 26.9. The molecule has 1 aromatic heterocycles. The number of carbonyl (C=O) groups is 5. The van der Waals surface area contributed by atoms with Crippen LogP contribution in [0, 0.1) is 5.41 Å². The average molecular weight is 513 g/mol. The van der Waals surface area contributed by atoms with Crippen LogP contribution in [0.5, 0.6) is 0 Å². The van der Waals surface area contributed by atoms with Gasteiger partial charge in [0.15, 0.2) is 11.9 Å². The van der Waals surface area contributed by atoms with Gasteiger partial charge >= 0.3 is 11.9 Å². The highest BCUT2D eigenvalue weighted by molar-refractivity contribution is 6.26. The maximum absolute atomic E-state index is 13.3. The van der Waals surface area contributed by atoms with Crippen molar-refractivity contribution in [3.63, 3.8) is 0 Å². The van der Waals surface area contributed by atoms with Gasteiger partial charge in [-0.1, -0.05) is 18.2 Å². The molecule has 2 amide bonds. The predicted molar refractivity (Wildman–Crippen MR) is 134 cm³/mol. The molecule has 1 aromatic carbocycles. The third-order valence-corrected chi connectivity index (χ3v) is 5.93. The topological polar surface area (TPSA) is 159 Å². The molecular weight excluding hydrogens is 480 g/mol. The van der Waals surface area contributed by atoms with E-state index in [1.807, 2.05) is 24.3 Å². The number of Topliss-reactive ketones (excluding diaryl/α,β-unsaturated/α-hetero) is 1. The summed E-state index contributed by atoms with van der Waals surface area (Å²) in [5, 5.41) is 10.5. The van der Waals surface area contributed by atoms with Crippen molar-refractivity contribution < 1.29 is 33.4 Å². The number of ketones is 1. The molecule has 1 saturated heterocycles. The van der Waals surface area contributed by atoms with Crippen molar-refractivity contribution >= 4 is 46.7 Å². The predicted octanol–water partition coefficient (Wildman–Crippen LogP) is 1.68. The number of likely N-dealkylation sites (tertiary alicyclic amines) is 1. The highest BCUT2D eigenvalue weighted by Gasteiger charge is 2.32. The fraction of sp³-hybridized carbons (Fsp3) is 0.462. The molecule has 11 nitrogen and oxygen atoms in total. The van der Waals surface area contributed by atoms with Crippen molar-refractivity contribution in [2.24, 2.45) is 0 Å². The fourth-order valence-corrected chi connectivity index (χ4v) is 4.10. The smallest absolute Gasteiger partial charge is 0.328 e. The Labute approximate surface area is 214 Å². The van der Waals surface area contributed by atoms with Gasteiger partial charge in [-0.25, -0.2) is 4.79 Å². The van der Waals surface area contributed by atoms with Gasteiger partial charge in [-0.15, -0.1) is 0 Å². The van der Waals surface area contributed by atoms with Gasteiger partial charge in [0.1, 0.15) is 12.6 Å². The molecule has 11 heteroatoms. The summed E-state index contributed by atoms with van der Waals surface area (Å²) in [6.45, 7) is 3.47. The monoisotopic (exact) mass is 512 g/mol. The van der Waals surface area contributed by atoms with Crippen LogP contribution in [0.3, 0.4) is 0 Å². The maximum atomic E-state index is 13.3. The normalized spacial score (nSPS) is 14.9. The minimum absolute atomic E-state index is 0.0148.